The van der Waals surface area contributed by atoms with Gasteiger partial charge in [0.2, 0.25) is 15.9 Å². The molecule has 1 heterocycles. The maximum absolute atomic E-state index is 12.7. The number of nitrogens with zero attached hydrogens (tertiary/aromatic N) is 1. The van der Waals surface area contributed by atoms with Crippen LogP contribution in [0.5, 0.6) is 0 Å². The molecule has 8 heteroatoms. The van der Waals surface area contributed by atoms with E-state index in [0.29, 0.717) is 29.0 Å². The van der Waals surface area contributed by atoms with Crippen LogP contribution in [0.15, 0.2) is 42.5 Å². The number of sulfonamides is 1. The number of carbonyl (C=O) groups is 2. The number of fused-ring (bicyclic) bond motifs is 1. The zero-order valence-corrected chi connectivity index (χ0v) is 17.7. The van der Waals surface area contributed by atoms with Crippen molar-refractivity contribution in [1.82, 2.24) is 0 Å². The molecule has 0 saturated carbocycles. The SMILES string of the molecule is CC(C)C(=O)Nc1cccc(NC(=O)c2ccc3c(c2)CC(C)N3S(C)(=O)=O)c1. The third-order valence-electron chi connectivity index (χ3n) is 4.76. The summed E-state index contributed by atoms with van der Waals surface area (Å²) in [7, 11) is -3.37. The van der Waals surface area contributed by atoms with Gasteiger partial charge in [0, 0.05) is 28.9 Å². The summed E-state index contributed by atoms with van der Waals surface area (Å²) in [5.74, 6) is -0.546. The van der Waals surface area contributed by atoms with Crippen LogP contribution in [0, 0.1) is 5.92 Å². The Bertz CT molecular complexity index is 1060. The van der Waals surface area contributed by atoms with Crippen molar-refractivity contribution in [2.45, 2.75) is 33.2 Å². The van der Waals surface area contributed by atoms with Crippen LogP contribution in [-0.2, 0) is 21.2 Å². The number of anilines is 3. The summed E-state index contributed by atoms with van der Waals surface area (Å²) in [6.45, 7) is 5.46. The van der Waals surface area contributed by atoms with E-state index in [4.69, 9.17) is 0 Å². The van der Waals surface area contributed by atoms with Crippen LogP contribution in [0.1, 0.15) is 36.7 Å². The first-order chi connectivity index (χ1) is 13.6. The molecular formula is C21H25N3O4S. The first-order valence-electron chi connectivity index (χ1n) is 9.41. The van der Waals surface area contributed by atoms with Crippen molar-refractivity contribution < 1.29 is 18.0 Å². The van der Waals surface area contributed by atoms with Gasteiger partial charge in [-0.05, 0) is 55.3 Å². The largest absolute Gasteiger partial charge is 0.326 e. The molecule has 1 aliphatic rings. The molecule has 2 N–H and O–H groups in total. The van der Waals surface area contributed by atoms with E-state index < -0.39 is 10.0 Å². The molecule has 2 aromatic rings. The van der Waals surface area contributed by atoms with Gasteiger partial charge < -0.3 is 10.6 Å². The fourth-order valence-corrected chi connectivity index (χ4v) is 4.68. The quantitative estimate of drug-likeness (QED) is 0.784. The van der Waals surface area contributed by atoms with E-state index in [-0.39, 0.29) is 23.8 Å². The van der Waals surface area contributed by atoms with Crippen LogP contribution < -0.4 is 14.9 Å². The number of benzene rings is 2. The molecular weight excluding hydrogens is 390 g/mol. The fourth-order valence-electron chi connectivity index (χ4n) is 3.41. The van der Waals surface area contributed by atoms with Crippen LogP contribution in [0.4, 0.5) is 17.1 Å². The van der Waals surface area contributed by atoms with Crippen molar-refractivity contribution in [3.8, 4) is 0 Å². The highest BCUT2D eigenvalue weighted by atomic mass is 32.2. The van der Waals surface area contributed by atoms with Crippen molar-refractivity contribution in [2.75, 3.05) is 21.2 Å². The Morgan fingerprint density at radius 2 is 1.72 bits per heavy atom. The summed E-state index contributed by atoms with van der Waals surface area (Å²) in [4.78, 5) is 24.5. The zero-order chi connectivity index (χ0) is 21.3. The van der Waals surface area contributed by atoms with Gasteiger partial charge in [-0.1, -0.05) is 19.9 Å². The lowest BCUT2D eigenvalue weighted by Gasteiger charge is -2.21. The number of amides is 2. The van der Waals surface area contributed by atoms with Gasteiger partial charge in [0.25, 0.3) is 5.91 Å². The number of carbonyl (C=O) groups excluding carboxylic acids is 2. The average Bonchev–Trinajstić information content (AvgIpc) is 2.96. The molecule has 29 heavy (non-hydrogen) atoms. The first kappa shape index (κ1) is 20.9. The Hall–Kier alpha value is -2.87. The van der Waals surface area contributed by atoms with Crippen molar-refractivity contribution in [2.24, 2.45) is 5.92 Å². The van der Waals surface area contributed by atoms with E-state index >= 15 is 0 Å². The number of hydrogen-bond donors (Lipinski definition) is 2. The third kappa shape index (κ3) is 4.59. The molecule has 154 valence electrons. The number of nitrogens with one attached hydrogen (secondary N) is 2. The van der Waals surface area contributed by atoms with Gasteiger partial charge >= 0.3 is 0 Å². The van der Waals surface area contributed by atoms with Gasteiger partial charge in [-0.15, -0.1) is 0 Å². The van der Waals surface area contributed by atoms with E-state index in [0.717, 1.165) is 5.56 Å². The topological polar surface area (TPSA) is 95.6 Å². The number of hydrogen-bond acceptors (Lipinski definition) is 4. The first-order valence-corrected chi connectivity index (χ1v) is 11.3. The second-order valence-electron chi connectivity index (χ2n) is 7.63. The summed E-state index contributed by atoms with van der Waals surface area (Å²) in [5.41, 5.74) is 3.06. The lowest BCUT2D eigenvalue weighted by atomic mass is 10.1. The monoisotopic (exact) mass is 415 g/mol. The van der Waals surface area contributed by atoms with Gasteiger partial charge in [-0.25, -0.2) is 8.42 Å². The van der Waals surface area contributed by atoms with E-state index in [2.05, 4.69) is 10.6 Å². The molecule has 1 unspecified atom stereocenters. The molecule has 1 atom stereocenters. The smallest absolute Gasteiger partial charge is 0.255 e. The molecule has 0 fully saturated rings. The lowest BCUT2D eigenvalue weighted by Crippen LogP contribution is -2.34. The molecule has 1 aliphatic heterocycles. The van der Waals surface area contributed by atoms with Gasteiger partial charge in [0.05, 0.1) is 11.9 Å². The van der Waals surface area contributed by atoms with Crippen molar-refractivity contribution in [3.63, 3.8) is 0 Å². The van der Waals surface area contributed by atoms with E-state index in [9.17, 15) is 18.0 Å². The molecule has 0 aliphatic carbocycles. The summed E-state index contributed by atoms with van der Waals surface area (Å²) in [5, 5.41) is 5.62. The molecule has 0 bridgehead atoms. The summed E-state index contributed by atoms with van der Waals surface area (Å²) < 4.78 is 25.5. The molecule has 0 saturated heterocycles. The highest BCUT2D eigenvalue weighted by Crippen LogP contribution is 2.34. The van der Waals surface area contributed by atoms with Gasteiger partial charge in [0.1, 0.15) is 0 Å². The van der Waals surface area contributed by atoms with Gasteiger partial charge in [-0.3, -0.25) is 13.9 Å². The predicted octanol–water partition coefficient (Wildman–Crippen LogP) is 3.24. The lowest BCUT2D eigenvalue weighted by molar-refractivity contribution is -0.118. The van der Waals surface area contributed by atoms with Crippen LogP contribution in [0.2, 0.25) is 0 Å². The third-order valence-corrected chi connectivity index (χ3v) is 6.04. The van der Waals surface area contributed by atoms with Crippen molar-refractivity contribution >= 4 is 38.9 Å². The second-order valence-corrected chi connectivity index (χ2v) is 9.49. The molecule has 0 aromatic heterocycles. The Morgan fingerprint density at radius 3 is 2.34 bits per heavy atom. The Morgan fingerprint density at radius 1 is 1.07 bits per heavy atom. The summed E-state index contributed by atoms with van der Waals surface area (Å²) >= 11 is 0. The summed E-state index contributed by atoms with van der Waals surface area (Å²) in [6.07, 6.45) is 1.74. The second kappa shape index (κ2) is 7.87. The van der Waals surface area contributed by atoms with Crippen LogP contribution in [0.25, 0.3) is 0 Å². The fraction of sp³-hybridized carbons (Fsp3) is 0.333. The Kier molecular flexibility index (Phi) is 5.66. The predicted molar refractivity (Wildman–Crippen MR) is 115 cm³/mol. The minimum absolute atomic E-state index is 0.100. The Balaban J connectivity index is 1.78. The van der Waals surface area contributed by atoms with E-state index in [1.54, 1.807) is 56.3 Å². The van der Waals surface area contributed by atoms with E-state index in [1.165, 1.54) is 10.6 Å². The number of rotatable bonds is 5. The maximum Gasteiger partial charge on any atom is 0.255 e. The van der Waals surface area contributed by atoms with Crippen LogP contribution >= 0.6 is 0 Å². The van der Waals surface area contributed by atoms with Crippen molar-refractivity contribution in [3.05, 3.63) is 53.6 Å². The van der Waals surface area contributed by atoms with Crippen molar-refractivity contribution in [1.29, 1.82) is 0 Å². The average molecular weight is 416 g/mol. The minimum Gasteiger partial charge on any atom is -0.326 e. The normalized spacial score (nSPS) is 15.9. The van der Waals surface area contributed by atoms with Crippen LogP contribution in [-0.4, -0.2) is 32.5 Å². The molecule has 7 nitrogen and oxygen atoms in total. The molecule has 0 radical (unpaired) electrons. The van der Waals surface area contributed by atoms with Crippen LogP contribution in [0.3, 0.4) is 0 Å². The highest BCUT2D eigenvalue weighted by Gasteiger charge is 2.32. The summed E-state index contributed by atoms with van der Waals surface area (Å²) in [6, 6.07) is 11.8. The highest BCUT2D eigenvalue weighted by molar-refractivity contribution is 7.92. The molecule has 2 amide bonds. The molecule has 2 aromatic carbocycles. The molecule has 3 rings (SSSR count). The van der Waals surface area contributed by atoms with E-state index in [1.807, 2.05) is 6.92 Å². The zero-order valence-electron chi connectivity index (χ0n) is 16.9. The van der Waals surface area contributed by atoms with Gasteiger partial charge in [-0.2, -0.15) is 0 Å². The molecule has 0 spiro atoms. The Labute approximate surface area is 171 Å². The van der Waals surface area contributed by atoms with Gasteiger partial charge in [0.15, 0.2) is 0 Å². The standard InChI is InChI=1S/C21H25N3O4S/c1-13(2)20(25)22-17-6-5-7-18(12-17)23-21(26)15-8-9-19-16(11-15)10-14(3)24(19)29(4,27)28/h5-9,11-14H,10H2,1-4H3,(H,22,25)(H,23,26). The maximum atomic E-state index is 12.7. The minimum atomic E-state index is -3.37.